The van der Waals surface area contributed by atoms with E-state index >= 15 is 0 Å². The summed E-state index contributed by atoms with van der Waals surface area (Å²) < 4.78 is 0. The van der Waals surface area contributed by atoms with Gasteiger partial charge in [0.2, 0.25) is 0 Å². The Bertz CT molecular complexity index is 1130. The SMILES string of the molecule is O=c1[nH]c(-c2ccccc2)nc2sc3c(c12)CCc1ccccc1-3. The summed E-state index contributed by atoms with van der Waals surface area (Å²) in [6, 6.07) is 18.3. The zero-order valence-electron chi connectivity index (χ0n) is 12.9. The normalized spacial score (nSPS) is 12.8. The second kappa shape index (κ2) is 5.14. The first kappa shape index (κ1) is 13.7. The Labute approximate surface area is 142 Å². The molecular weight excluding hydrogens is 316 g/mol. The summed E-state index contributed by atoms with van der Waals surface area (Å²) >= 11 is 1.63. The minimum Gasteiger partial charge on any atom is -0.306 e. The van der Waals surface area contributed by atoms with Crippen LogP contribution in [0, 0.1) is 0 Å². The Morgan fingerprint density at radius 3 is 2.62 bits per heavy atom. The van der Waals surface area contributed by atoms with Gasteiger partial charge in [0.05, 0.1) is 5.39 Å². The molecule has 0 bridgehead atoms. The molecule has 1 aliphatic rings. The lowest BCUT2D eigenvalue weighted by Crippen LogP contribution is -2.11. The summed E-state index contributed by atoms with van der Waals surface area (Å²) in [4.78, 5) is 22.5. The van der Waals surface area contributed by atoms with E-state index in [4.69, 9.17) is 4.98 Å². The summed E-state index contributed by atoms with van der Waals surface area (Å²) in [6.45, 7) is 0. The lowest BCUT2D eigenvalue weighted by molar-refractivity contribution is 0.955. The minimum atomic E-state index is -0.0317. The van der Waals surface area contributed by atoms with Crippen molar-refractivity contribution >= 4 is 21.6 Å². The molecule has 0 aliphatic heterocycles. The van der Waals surface area contributed by atoms with Gasteiger partial charge in [0, 0.05) is 10.4 Å². The Morgan fingerprint density at radius 2 is 1.75 bits per heavy atom. The number of H-pyrrole nitrogens is 1. The molecular formula is C20H14N2OS. The van der Waals surface area contributed by atoms with Crippen LogP contribution < -0.4 is 5.56 Å². The van der Waals surface area contributed by atoms with Gasteiger partial charge in [-0.1, -0.05) is 54.6 Å². The van der Waals surface area contributed by atoms with Gasteiger partial charge in [0.25, 0.3) is 5.56 Å². The van der Waals surface area contributed by atoms with Gasteiger partial charge < -0.3 is 4.98 Å². The predicted octanol–water partition coefficient (Wildman–Crippen LogP) is 4.42. The maximum atomic E-state index is 12.7. The number of aromatic amines is 1. The summed E-state index contributed by atoms with van der Waals surface area (Å²) in [5.41, 5.74) is 4.67. The fourth-order valence-corrected chi connectivity index (χ4v) is 4.76. The van der Waals surface area contributed by atoms with Gasteiger partial charge >= 0.3 is 0 Å². The molecule has 24 heavy (non-hydrogen) atoms. The number of aryl methyl sites for hydroxylation is 2. The monoisotopic (exact) mass is 330 g/mol. The molecule has 0 amide bonds. The van der Waals surface area contributed by atoms with Gasteiger partial charge in [0.1, 0.15) is 10.7 Å². The number of hydrogen-bond acceptors (Lipinski definition) is 3. The van der Waals surface area contributed by atoms with Gasteiger partial charge in [-0.2, -0.15) is 0 Å². The molecule has 2 heterocycles. The maximum absolute atomic E-state index is 12.7. The Kier molecular flexibility index (Phi) is 2.94. The van der Waals surface area contributed by atoms with E-state index in [0.717, 1.165) is 34.2 Å². The van der Waals surface area contributed by atoms with E-state index in [9.17, 15) is 4.79 Å². The highest BCUT2D eigenvalue weighted by Gasteiger charge is 2.23. The van der Waals surface area contributed by atoms with Crippen molar-refractivity contribution < 1.29 is 0 Å². The van der Waals surface area contributed by atoms with Crippen LogP contribution in [0.3, 0.4) is 0 Å². The van der Waals surface area contributed by atoms with E-state index in [1.165, 1.54) is 16.0 Å². The lowest BCUT2D eigenvalue weighted by atomic mass is 9.90. The van der Waals surface area contributed by atoms with Crippen LogP contribution >= 0.6 is 11.3 Å². The van der Waals surface area contributed by atoms with Crippen molar-refractivity contribution in [3.8, 4) is 21.8 Å². The minimum absolute atomic E-state index is 0.0317. The van der Waals surface area contributed by atoms with E-state index < -0.39 is 0 Å². The standard InChI is InChI=1S/C20H14N2OS/c23-19-16-15-11-10-12-6-4-5-9-14(12)17(15)24-20(16)22-18(21-19)13-7-2-1-3-8-13/h1-9H,10-11H2,(H,21,22,23). The number of rotatable bonds is 1. The second-order valence-electron chi connectivity index (χ2n) is 6.03. The lowest BCUT2D eigenvalue weighted by Gasteiger charge is -2.15. The highest BCUT2D eigenvalue weighted by molar-refractivity contribution is 7.22. The van der Waals surface area contributed by atoms with Crippen LogP contribution in [0.15, 0.2) is 59.4 Å². The Morgan fingerprint density at radius 1 is 0.958 bits per heavy atom. The molecule has 0 spiro atoms. The van der Waals surface area contributed by atoms with Crippen molar-refractivity contribution in [1.82, 2.24) is 9.97 Å². The van der Waals surface area contributed by atoms with E-state index in [-0.39, 0.29) is 5.56 Å². The predicted molar refractivity (Wildman–Crippen MR) is 98.5 cm³/mol. The highest BCUT2D eigenvalue weighted by atomic mass is 32.1. The zero-order chi connectivity index (χ0) is 16.1. The van der Waals surface area contributed by atoms with Crippen LogP contribution in [0.4, 0.5) is 0 Å². The van der Waals surface area contributed by atoms with Crippen LogP contribution in [-0.2, 0) is 12.8 Å². The van der Waals surface area contributed by atoms with Crippen LogP contribution in [0.2, 0.25) is 0 Å². The highest BCUT2D eigenvalue weighted by Crippen LogP contribution is 2.42. The molecule has 3 nitrogen and oxygen atoms in total. The number of benzene rings is 2. The third kappa shape index (κ3) is 1.96. The van der Waals surface area contributed by atoms with E-state index in [1.54, 1.807) is 11.3 Å². The van der Waals surface area contributed by atoms with Crippen LogP contribution in [-0.4, -0.2) is 9.97 Å². The average Bonchev–Trinajstić information content (AvgIpc) is 3.02. The number of nitrogens with one attached hydrogen (secondary N) is 1. The summed E-state index contributed by atoms with van der Waals surface area (Å²) in [7, 11) is 0. The first-order valence-electron chi connectivity index (χ1n) is 8.00. The number of thiophene rings is 1. The first-order chi connectivity index (χ1) is 11.8. The van der Waals surface area contributed by atoms with Crippen LogP contribution in [0.1, 0.15) is 11.1 Å². The van der Waals surface area contributed by atoms with E-state index in [2.05, 4.69) is 29.2 Å². The number of fused-ring (bicyclic) bond motifs is 5. The Balaban J connectivity index is 1.79. The molecule has 2 aromatic carbocycles. The zero-order valence-corrected chi connectivity index (χ0v) is 13.7. The average molecular weight is 330 g/mol. The molecule has 0 saturated heterocycles. The molecule has 1 N–H and O–H groups in total. The quantitative estimate of drug-likeness (QED) is 0.561. The molecule has 2 aromatic heterocycles. The largest absolute Gasteiger partial charge is 0.306 e. The van der Waals surface area contributed by atoms with Crippen molar-refractivity contribution in [3.05, 3.63) is 76.1 Å². The van der Waals surface area contributed by atoms with Gasteiger partial charge in [0.15, 0.2) is 0 Å². The summed E-state index contributed by atoms with van der Waals surface area (Å²) in [5.74, 6) is 0.639. The fourth-order valence-electron chi connectivity index (χ4n) is 3.47. The smallest absolute Gasteiger partial charge is 0.260 e. The number of nitrogens with zero attached hydrogens (tertiary/aromatic N) is 1. The molecule has 0 unspecified atom stereocenters. The molecule has 0 radical (unpaired) electrons. The summed E-state index contributed by atoms with van der Waals surface area (Å²) in [6.07, 6.45) is 1.89. The number of aromatic nitrogens is 2. The van der Waals surface area contributed by atoms with E-state index in [0.29, 0.717) is 5.82 Å². The van der Waals surface area contributed by atoms with Crippen molar-refractivity contribution in [1.29, 1.82) is 0 Å². The van der Waals surface area contributed by atoms with Crippen molar-refractivity contribution in [2.45, 2.75) is 12.8 Å². The van der Waals surface area contributed by atoms with Crippen molar-refractivity contribution in [2.75, 3.05) is 0 Å². The molecule has 4 heteroatoms. The molecule has 4 aromatic rings. The third-order valence-electron chi connectivity index (χ3n) is 4.61. The topological polar surface area (TPSA) is 45.8 Å². The third-order valence-corrected chi connectivity index (χ3v) is 5.77. The fraction of sp³-hybridized carbons (Fsp3) is 0.100. The Hall–Kier alpha value is -2.72. The maximum Gasteiger partial charge on any atom is 0.260 e. The van der Waals surface area contributed by atoms with E-state index in [1.807, 2.05) is 30.3 Å². The van der Waals surface area contributed by atoms with Gasteiger partial charge in [-0.25, -0.2) is 4.98 Å². The van der Waals surface area contributed by atoms with Gasteiger partial charge in [-0.15, -0.1) is 11.3 Å². The van der Waals surface area contributed by atoms with Crippen molar-refractivity contribution in [3.63, 3.8) is 0 Å². The second-order valence-corrected chi connectivity index (χ2v) is 7.03. The molecule has 1 aliphatic carbocycles. The van der Waals surface area contributed by atoms with Gasteiger partial charge in [-0.3, -0.25) is 4.79 Å². The van der Waals surface area contributed by atoms with Gasteiger partial charge in [-0.05, 0) is 29.5 Å². The summed E-state index contributed by atoms with van der Waals surface area (Å²) in [5, 5.41) is 0.768. The van der Waals surface area contributed by atoms with Crippen molar-refractivity contribution in [2.24, 2.45) is 0 Å². The molecule has 116 valence electrons. The molecule has 0 fully saturated rings. The molecule has 0 atom stereocenters. The van der Waals surface area contributed by atoms with Crippen LogP contribution in [0.25, 0.3) is 32.0 Å². The van der Waals surface area contributed by atoms with Crippen LogP contribution in [0.5, 0.6) is 0 Å². The first-order valence-corrected chi connectivity index (χ1v) is 8.82. The molecule has 0 saturated carbocycles. The number of hydrogen-bond donors (Lipinski definition) is 1. The molecule has 5 rings (SSSR count).